The van der Waals surface area contributed by atoms with Crippen molar-refractivity contribution in [1.29, 1.82) is 0 Å². The van der Waals surface area contributed by atoms with Gasteiger partial charge in [-0.1, -0.05) is 36.4 Å². The Morgan fingerprint density at radius 3 is 1.38 bits per heavy atom. The van der Waals surface area contributed by atoms with Gasteiger partial charge in [-0.15, -0.1) is 0 Å². The lowest BCUT2D eigenvalue weighted by atomic mass is 10.3. The van der Waals surface area contributed by atoms with Crippen molar-refractivity contribution in [1.82, 2.24) is 9.97 Å². The van der Waals surface area contributed by atoms with Crippen molar-refractivity contribution in [2.45, 2.75) is 0 Å². The average molecular weight is 279 g/mol. The highest BCUT2D eigenvalue weighted by molar-refractivity contribution is 6.13. The summed E-state index contributed by atoms with van der Waals surface area (Å²) >= 11 is 0. The minimum atomic E-state index is 0. The minimum absolute atomic E-state index is 0. The molecule has 0 aliphatic carbocycles. The summed E-state index contributed by atoms with van der Waals surface area (Å²) in [6.07, 6.45) is 3.90. The molecule has 0 amide bonds. The Bertz CT molecular complexity index is 653. The number of benzene rings is 2. The molecule has 1 radical (unpaired) electrons. The summed E-state index contributed by atoms with van der Waals surface area (Å²) < 4.78 is 0. The maximum atomic E-state index is 7.00. The summed E-state index contributed by atoms with van der Waals surface area (Å²) in [5.74, 6) is 0. The first-order valence-corrected chi connectivity index (χ1v) is 6.49. The van der Waals surface area contributed by atoms with Crippen LogP contribution in [0.1, 0.15) is 0 Å². The van der Waals surface area contributed by atoms with Crippen LogP contribution in [-0.4, -0.2) is 27.7 Å². The third-order valence-electron chi connectivity index (χ3n) is 2.93. The Morgan fingerprint density at radius 1 is 0.619 bits per heavy atom. The van der Waals surface area contributed by atoms with E-state index < -0.39 is 0 Å². The normalized spacial score (nSPS) is 9.43. The van der Waals surface area contributed by atoms with Gasteiger partial charge in [0.05, 0.1) is 0 Å². The van der Waals surface area contributed by atoms with Gasteiger partial charge in [-0.25, -0.2) is 0 Å². The molecule has 21 heavy (non-hydrogen) atoms. The number of hydrogen-bond donors (Lipinski definition) is 4. The first-order chi connectivity index (χ1) is 10.3. The first kappa shape index (κ1) is 14.9. The molecule has 2 heterocycles. The summed E-state index contributed by atoms with van der Waals surface area (Å²) in [6.45, 7) is 0. The van der Waals surface area contributed by atoms with E-state index in [4.69, 9.17) is 10.0 Å². The van der Waals surface area contributed by atoms with Gasteiger partial charge in [0, 0.05) is 23.4 Å². The van der Waals surface area contributed by atoms with Crippen LogP contribution in [0.25, 0.3) is 21.8 Å². The number of rotatable bonds is 0. The molecule has 0 aliphatic heterocycles. The molecule has 5 heteroatoms. The fourth-order valence-electron chi connectivity index (χ4n) is 1.99. The number of nitrogens with one attached hydrogen (secondary N) is 2. The van der Waals surface area contributed by atoms with E-state index in [1.807, 2.05) is 36.7 Å². The number of fused-ring (bicyclic) bond motifs is 2. The van der Waals surface area contributed by atoms with E-state index in [-0.39, 0.29) is 7.69 Å². The van der Waals surface area contributed by atoms with Gasteiger partial charge < -0.3 is 20.0 Å². The zero-order valence-electron chi connectivity index (χ0n) is 11.4. The van der Waals surface area contributed by atoms with Crippen LogP contribution < -0.4 is 0 Å². The third kappa shape index (κ3) is 4.24. The van der Waals surface area contributed by atoms with E-state index in [1.165, 1.54) is 21.8 Å². The van der Waals surface area contributed by atoms with Crippen molar-refractivity contribution in [3.63, 3.8) is 0 Å². The first-order valence-electron chi connectivity index (χ1n) is 6.49. The summed E-state index contributed by atoms with van der Waals surface area (Å²) in [5.41, 5.74) is 2.41. The predicted octanol–water partition coefficient (Wildman–Crippen LogP) is 2.84. The van der Waals surface area contributed by atoms with Gasteiger partial charge in [-0.3, -0.25) is 0 Å². The zero-order chi connectivity index (χ0) is 14.9. The highest BCUT2D eigenvalue weighted by atomic mass is 16.4. The van der Waals surface area contributed by atoms with Gasteiger partial charge >= 0.3 is 7.69 Å². The second-order valence-corrected chi connectivity index (χ2v) is 4.25. The van der Waals surface area contributed by atoms with Crippen LogP contribution in [0.15, 0.2) is 73.1 Å². The van der Waals surface area contributed by atoms with E-state index in [1.54, 1.807) is 0 Å². The van der Waals surface area contributed by atoms with Crippen LogP contribution in [0.5, 0.6) is 0 Å². The van der Waals surface area contributed by atoms with Gasteiger partial charge in [0.25, 0.3) is 0 Å². The van der Waals surface area contributed by atoms with Crippen molar-refractivity contribution >= 4 is 29.5 Å². The SMILES string of the molecule is O[B]O.c1ccc2[nH]ccc2c1.c1ccc2[nH]ccc2c1. The highest BCUT2D eigenvalue weighted by Crippen LogP contribution is 2.09. The second-order valence-electron chi connectivity index (χ2n) is 4.25. The Morgan fingerprint density at radius 2 is 1.00 bits per heavy atom. The van der Waals surface area contributed by atoms with Crippen LogP contribution >= 0.6 is 0 Å². The largest absolute Gasteiger partial charge is 0.482 e. The van der Waals surface area contributed by atoms with Crippen LogP contribution in [-0.2, 0) is 0 Å². The summed E-state index contributed by atoms with van der Waals surface area (Å²) in [7, 11) is 0. The van der Waals surface area contributed by atoms with Crippen molar-refractivity contribution in [3.8, 4) is 0 Å². The fourth-order valence-corrected chi connectivity index (χ4v) is 1.99. The molecule has 0 saturated carbocycles. The highest BCUT2D eigenvalue weighted by Gasteiger charge is 1.87. The van der Waals surface area contributed by atoms with Crippen molar-refractivity contribution in [2.75, 3.05) is 0 Å². The Kier molecular flexibility index (Phi) is 5.64. The van der Waals surface area contributed by atoms with Gasteiger partial charge in [-0.05, 0) is 35.0 Å². The van der Waals surface area contributed by atoms with Crippen LogP contribution in [0.2, 0.25) is 0 Å². The van der Waals surface area contributed by atoms with E-state index in [9.17, 15) is 0 Å². The third-order valence-corrected chi connectivity index (χ3v) is 2.93. The molecule has 105 valence electrons. The molecule has 2 aromatic carbocycles. The second kappa shape index (κ2) is 7.94. The summed E-state index contributed by atoms with van der Waals surface area (Å²) in [4.78, 5) is 6.24. The predicted molar refractivity (Wildman–Crippen MR) is 86.8 cm³/mol. The van der Waals surface area contributed by atoms with Gasteiger partial charge in [0.15, 0.2) is 0 Å². The number of aromatic nitrogens is 2. The summed E-state index contributed by atoms with van der Waals surface area (Å²) in [6, 6.07) is 20.6. The molecule has 4 nitrogen and oxygen atoms in total. The Balaban J connectivity index is 0.000000130. The zero-order valence-corrected chi connectivity index (χ0v) is 11.4. The van der Waals surface area contributed by atoms with Crippen molar-refractivity contribution in [2.24, 2.45) is 0 Å². The molecule has 2 aromatic heterocycles. The lowest BCUT2D eigenvalue weighted by Gasteiger charge is -1.83. The Labute approximate surface area is 123 Å². The maximum Gasteiger partial charge on any atom is 0.482 e. The smallest absolute Gasteiger partial charge is 0.429 e. The minimum Gasteiger partial charge on any atom is -0.429 e. The van der Waals surface area contributed by atoms with Gasteiger partial charge in [0.2, 0.25) is 0 Å². The van der Waals surface area contributed by atoms with E-state index in [2.05, 4.69) is 46.4 Å². The average Bonchev–Trinajstić information content (AvgIpc) is 3.17. The van der Waals surface area contributed by atoms with Crippen LogP contribution in [0.4, 0.5) is 0 Å². The number of hydrogen-bond acceptors (Lipinski definition) is 2. The molecule has 4 N–H and O–H groups in total. The van der Waals surface area contributed by atoms with Gasteiger partial charge in [-0.2, -0.15) is 0 Å². The molecule has 0 aliphatic rings. The van der Waals surface area contributed by atoms with Crippen LogP contribution in [0, 0.1) is 0 Å². The lowest BCUT2D eigenvalue weighted by molar-refractivity contribution is 0.448. The Hall–Kier alpha value is -2.50. The standard InChI is InChI=1S/2C8H7N.BH2O2/c2*1-2-4-8-7(3-1)5-6-9-8;2-1-3/h2*1-6,9H;2-3H. The van der Waals surface area contributed by atoms with E-state index >= 15 is 0 Å². The maximum absolute atomic E-state index is 7.00. The molecule has 0 unspecified atom stereocenters. The quantitative estimate of drug-likeness (QED) is 0.374. The number of aromatic amines is 2. The van der Waals surface area contributed by atoms with E-state index in [0.29, 0.717) is 0 Å². The molecular weight excluding hydrogens is 263 g/mol. The molecule has 0 fully saturated rings. The molecule has 4 aromatic rings. The fraction of sp³-hybridized carbons (Fsp3) is 0. The topological polar surface area (TPSA) is 72.0 Å². The molecule has 0 spiro atoms. The lowest BCUT2D eigenvalue weighted by Crippen LogP contribution is -1.75. The molecular formula is C16H16BN2O2. The monoisotopic (exact) mass is 279 g/mol. The van der Waals surface area contributed by atoms with Gasteiger partial charge in [0.1, 0.15) is 0 Å². The van der Waals surface area contributed by atoms with Crippen molar-refractivity contribution in [3.05, 3.63) is 73.1 Å². The molecule has 0 atom stereocenters. The molecule has 0 bridgehead atoms. The number of H-pyrrole nitrogens is 2. The molecule has 0 saturated heterocycles. The molecule has 4 rings (SSSR count). The van der Waals surface area contributed by atoms with Crippen molar-refractivity contribution < 1.29 is 10.0 Å². The van der Waals surface area contributed by atoms with E-state index in [0.717, 1.165) is 0 Å². The summed E-state index contributed by atoms with van der Waals surface area (Å²) in [5, 5.41) is 16.6. The van der Waals surface area contributed by atoms with Crippen LogP contribution in [0.3, 0.4) is 0 Å². The number of para-hydroxylation sites is 2.